The first-order chi connectivity index (χ1) is 8.89. The van der Waals surface area contributed by atoms with E-state index in [1.54, 1.807) is 17.0 Å². The zero-order valence-electron chi connectivity index (χ0n) is 11.8. The molecule has 2 unspecified atom stereocenters. The fraction of sp³-hybridized carbons (Fsp3) is 0.714. The standard InChI is InChI=1S/C14H22ClN3O/c1-14(2,3)18-9-8-16-12(13(18)19)17-11-7-5-4-6-10(11)15/h8-11H,4-7H2,1-3H3,(H,16,17). The van der Waals surface area contributed by atoms with Crippen molar-refractivity contribution in [3.63, 3.8) is 0 Å². The number of nitrogens with one attached hydrogen (secondary N) is 1. The number of anilines is 1. The molecule has 1 saturated carbocycles. The molecule has 1 aromatic rings. The second-order valence-corrected chi connectivity index (χ2v) is 6.73. The zero-order chi connectivity index (χ0) is 14.0. The van der Waals surface area contributed by atoms with Gasteiger partial charge in [0, 0.05) is 24.0 Å². The largest absolute Gasteiger partial charge is 0.361 e. The number of alkyl halides is 1. The van der Waals surface area contributed by atoms with Crippen LogP contribution in [0.3, 0.4) is 0 Å². The van der Waals surface area contributed by atoms with E-state index in [0.717, 1.165) is 19.3 Å². The van der Waals surface area contributed by atoms with Gasteiger partial charge >= 0.3 is 0 Å². The van der Waals surface area contributed by atoms with Gasteiger partial charge in [0.1, 0.15) is 0 Å². The van der Waals surface area contributed by atoms with Gasteiger partial charge in [-0.3, -0.25) is 4.79 Å². The van der Waals surface area contributed by atoms with Crippen molar-refractivity contribution in [1.82, 2.24) is 9.55 Å². The third-order valence-electron chi connectivity index (χ3n) is 3.57. The van der Waals surface area contributed by atoms with Gasteiger partial charge in [-0.05, 0) is 33.6 Å². The average molecular weight is 284 g/mol. The Labute approximate surface area is 119 Å². The summed E-state index contributed by atoms with van der Waals surface area (Å²) >= 11 is 6.32. The van der Waals surface area contributed by atoms with Gasteiger partial charge in [0.15, 0.2) is 5.82 Å². The molecule has 2 rings (SSSR count). The Kier molecular flexibility index (Phi) is 4.19. The molecule has 2 atom stereocenters. The van der Waals surface area contributed by atoms with E-state index in [9.17, 15) is 4.79 Å². The van der Waals surface area contributed by atoms with Gasteiger partial charge in [-0.1, -0.05) is 12.8 Å². The second-order valence-electron chi connectivity index (χ2n) is 6.17. The number of rotatable bonds is 2. The predicted octanol–water partition coefficient (Wildman–Crippen LogP) is 2.96. The van der Waals surface area contributed by atoms with Crippen molar-refractivity contribution in [2.24, 2.45) is 0 Å². The summed E-state index contributed by atoms with van der Waals surface area (Å²) in [7, 11) is 0. The van der Waals surface area contributed by atoms with Crippen molar-refractivity contribution >= 4 is 17.4 Å². The fourth-order valence-corrected chi connectivity index (χ4v) is 2.81. The smallest absolute Gasteiger partial charge is 0.293 e. The Morgan fingerprint density at radius 1 is 1.37 bits per heavy atom. The normalized spacial score (nSPS) is 24.2. The molecule has 106 valence electrons. The fourth-order valence-electron chi connectivity index (χ4n) is 2.46. The predicted molar refractivity (Wildman–Crippen MR) is 79.0 cm³/mol. The molecule has 1 aliphatic rings. The maximum Gasteiger partial charge on any atom is 0.293 e. The summed E-state index contributed by atoms with van der Waals surface area (Å²) in [5.41, 5.74) is -0.326. The highest BCUT2D eigenvalue weighted by Crippen LogP contribution is 2.25. The van der Waals surface area contributed by atoms with E-state index in [0.29, 0.717) is 5.82 Å². The SMILES string of the molecule is CC(C)(C)n1ccnc(NC2CCCCC2Cl)c1=O. The lowest BCUT2D eigenvalue weighted by Crippen LogP contribution is -2.39. The molecule has 0 bridgehead atoms. The van der Waals surface area contributed by atoms with Gasteiger partial charge in [0.25, 0.3) is 5.56 Å². The number of aromatic nitrogens is 2. The van der Waals surface area contributed by atoms with Crippen molar-refractivity contribution in [1.29, 1.82) is 0 Å². The molecule has 4 nitrogen and oxygen atoms in total. The molecule has 1 aromatic heterocycles. The third-order valence-corrected chi connectivity index (χ3v) is 4.09. The molecule has 5 heteroatoms. The molecule has 1 aliphatic carbocycles. The molecule has 0 aromatic carbocycles. The molecule has 0 aliphatic heterocycles. The molecule has 0 saturated heterocycles. The maximum absolute atomic E-state index is 12.4. The number of nitrogens with zero attached hydrogens (tertiary/aromatic N) is 2. The first-order valence-electron chi connectivity index (χ1n) is 6.88. The summed E-state index contributed by atoms with van der Waals surface area (Å²) in [4.78, 5) is 16.6. The van der Waals surface area contributed by atoms with E-state index in [-0.39, 0.29) is 22.5 Å². The van der Waals surface area contributed by atoms with E-state index in [1.807, 2.05) is 20.8 Å². The number of hydrogen-bond acceptors (Lipinski definition) is 3. The first-order valence-corrected chi connectivity index (χ1v) is 7.32. The van der Waals surface area contributed by atoms with Gasteiger partial charge in [-0.15, -0.1) is 11.6 Å². The summed E-state index contributed by atoms with van der Waals surface area (Å²) < 4.78 is 1.70. The van der Waals surface area contributed by atoms with Crippen molar-refractivity contribution in [3.8, 4) is 0 Å². The molecule has 0 spiro atoms. The van der Waals surface area contributed by atoms with Gasteiger partial charge in [-0.2, -0.15) is 0 Å². The van der Waals surface area contributed by atoms with Gasteiger partial charge < -0.3 is 9.88 Å². The van der Waals surface area contributed by atoms with Crippen molar-refractivity contribution in [2.75, 3.05) is 5.32 Å². The maximum atomic E-state index is 12.4. The van der Waals surface area contributed by atoms with Crippen LogP contribution in [0, 0.1) is 0 Å². The Morgan fingerprint density at radius 3 is 2.68 bits per heavy atom. The third kappa shape index (κ3) is 3.30. The highest BCUT2D eigenvalue weighted by Gasteiger charge is 2.25. The van der Waals surface area contributed by atoms with E-state index >= 15 is 0 Å². The van der Waals surface area contributed by atoms with Crippen LogP contribution in [0.1, 0.15) is 46.5 Å². The van der Waals surface area contributed by atoms with Crippen LogP contribution in [0.15, 0.2) is 17.2 Å². The quantitative estimate of drug-likeness (QED) is 0.849. The molecular weight excluding hydrogens is 262 g/mol. The highest BCUT2D eigenvalue weighted by atomic mass is 35.5. The van der Waals surface area contributed by atoms with Gasteiger partial charge in [0.05, 0.1) is 5.38 Å². The van der Waals surface area contributed by atoms with Crippen LogP contribution in [0.25, 0.3) is 0 Å². The minimum atomic E-state index is -0.247. The minimum absolute atomic E-state index is 0.0792. The Morgan fingerprint density at radius 2 is 2.05 bits per heavy atom. The lowest BCUT2D eigenvalue weighted by Gasteiger charge is -2.29. The topological polar surface area (TPSA) is 46.9 Å². The average Bonchev–Trinajstić information content (AvgIpc) is 2.33. The van der Waals surface area contributed by atoms with Crippen LogP contribution >= 0.6 is 11.6 Å². The van der Waals surface area contributed by atoms with Crippen LogP contribution in [0.2, 0.25) is 0 Å². The molecule has 0 radical (unpaired) electrons. The van der Waals surface area contributed by atoms with E-state index in [2.05, 4.69) is 10.3 Å². The Balaban J connectivity index is 2.24. The first kappa shape index (κ1) is 14.4. The minimum Gasteiger partial charge on any atom is -0.361 e. The monoisotopic (exact) mass is 283 g/mol. The van der Waals surface area contributed by atoms with Crippen LogP contribution in [-0.2, 0) is 5.54 Å². The molecule has 1 fully saturated rings. The van der Waals surface area contributed by atoms with E-state index < -0.39 is 0 Å². The molecular formula is C14H22ClN3O. The summed E-state index contributed by atoms with van der Waals surface area (Å²) in [5.74, 6) is 0.412. The summed E-state index contributed by atoms with van der Waals surface area (Å²) in [6, 6.07) is 0.145. The Bertz CT molecular complexity index is 492. The number of halogens is 1. The summed E-state index contributed by atoms with van der Waals surface area (Å²) in [6.07, 6.45) is 7.72. The van der Waals surface area contributed by atoms with Crippen molar-refractivity contribution in [3.05, 3.63) is 22.7 Å². The van der Waals surface area contributed by atoms with Gasteiger partial charge in [0.2, 0.25) is 0 Å². The Hall–Kier alpha value is -1.03. The highest BCUT2D eigenvalue weighted by molar-refractivity contribution is 6.21. The van der Waals surface area contributed by atoms with Crippen LogP contribution < -0.4 is 10.9 Å². The van der Waals surface area contributed by atoms with Crippen LogP contribution in [0.5, 0.6) is 0 Å². The zero-order valence-corrected chi connectivity index (χ0v) is 12.6. The molecule has 1 heterocycles. The van der Waals surface area contributed by atoms with Crippen molar-refractivity contribution in [2.45, 2.75) is 63.4 Å². The summed E-state index contributed by atoms with van der Waals surface area (Å²) in [5, 5.41) is 3.32. The number of hydrogen-bond donors (Lipinski definition) is 1. The van der Waals surface area contributed by atoms with Crippen LogP contribution in [-0.4, -0.2) is 21.0 Å². The van der Waals surface area contributed by atoms with Crippen molar-refractivity contribution < 1.29 is 0 Å². The lowest BCUT2D eigenvalue weighted by atomic mass is 9.95. The second kappa shape index (κ2) is 5.53. The van der Waals surface area contributed by atoms with Crippen LogP contribution in [0.4, 0.5) is 5.82 Å². The lowest BCUT2D eigenvalue weighted by molar-refractivity contribution is 0.382. The summed E-state index contributed by atoms with van der Waals surface area (Å²) in [6.45, 7) is 6.01. The molecule has 19 heavy (non-hydrogen) atoms. The molecule has 1 N–H and O–H groups in total. The van der Waals surface area contributed by atoms with E-state index in [1.165, 1.54) is 6.42 Å². The molecule has 0 amide bonds. The van der Waals surface area contributed by atoms with E-state index in [4.69, 9.17) is 11.6 Å². The van der Waals surface area contributed by atoms with Gasteiger partial charge in [-0.25, -0.2) is 4.98 Å².